The smallest absolute Gasteiger partial charge is 0.338 e. The van der Waals surface area contributed by atoms with Crippen LogP contribution < -0.4 is 0 Å². The predicted octanol–water partition coefficient (Wildman–Crippen LogP) is 2.25. The molecule has 21 heavy (non-hydrogen) atoms. The molecule has 2 aromatic rings. The van der Waals surface area contributed by atoms with Crippen molar-refractivity contribution in [2.24, 2.45) is 0 Å². The van der Waals surface area contributed by atoms with Crippen molar-refractivity contribution in [1.29, 1.82) is 0 Å². The first kappa shape index (κ1) is 15.6. The normalized spacial score (nSPS) is 11.7. The highest BCUT2D eigenvalue weighted by molar-refractivity contribution is 7.90. The summed E-state index contributed by atoms with van der Waals surface area (Å²) in [5.41, 5.74) is 1.50. The number of ether oxygens (including phenoxy) is 1. The first-order valence-corrected chi connectivity index (χ1v) is 8.82. The van der Waals surface area contributed by atoms with Crippen LogP contribution in [-0.4, -0.2) is 38.1 Å². The number of esters is 1. The molecule has 1 aromatic carbocycles. The zero-order valence-corrected chi connectivity index (χ0v) is 13.0. The second-order valence-corrected chi connectivity index (χ2v) is 7.34. The number of aromatic nitrogens is 1. The maximum atomic E-state index is 11.7. The lowest BCUT2D eigenvalue weighted by Crippen LogP contribution is -2.05. The summed E-state index contributed by atoms with van der Waals surface area (Å²) in [5.74, 6) is -0.144. The Labute approximate surface area is 124 Å². The van der Waals surface area contributed by atoms with Crippen LogP contribution in [0.1, 0.15) is 23.2 Å². The molecule has 0 bridgehead atoms. The summed E-state index contributed by atoms with van der Waals surface area (Å²) in [4.78, 5) is 11.7. The Bertz CT molecular complexity index is 746. The van der Waals surface area contributed by atoms with E-state index in [1.165, 1.54) is 13.4 Å². The summed E-state index contributed by atoms with van der Waals surface area (Å²) in [6.45, 7) is 0.726. The van der Waals surface area contributed by atoms with Crippen molar-refractivity contribution in [3.63, 3.8) is 0 Å². The van der Waals surface area contributed by atoms with Gasteiger partial charge in [-0.3, -0.25) is 0 Å². The molecule has 0 atom stereocenters. The molecule has 2 rings (SSSR count). The Morgan fingerprint density at radius 2 is 2.00 bits per heavy atom. The van der Waals surface area contributed by atoms with Gasteiger partial charge in [0.1, 0.15) is 9.84 Å². The molecule has 0 aliphatic rings. The van der Waals surface area contributed by atoms with Crippen molar-refractivity contribution in [3.8, 4) is 0 Å². The molecule has 0 aliphatic carbocycles. The minimum atomic E-state index is -2.90. The third kappa shape index (κ3) is 3.85. The number of sulfone groups is 1. The standard InChI is InChI=1S/C15H19NO4S/c1-20-15(17)13-6-5-7-14-12(13)8-10-16(14)9-3-4-11-21(2,18)19/h5-8,10H,3-4,9,11H2,1-2H3. The highest BCUT2D eigenvalue weighted by Gasteiger charge is 2.12. The Morgan fingerprint density at radius 3 is 2.67 bits per heavy atom. The van der Waals surface area contributed by atoms with Gasteiger partial charge in [-0.15, -0.1) is 0 Å². The molecule has 6 heteroatoms. The quantitative estimate of drug-likeness (QED) is 0.606. The number of benzene rings is 1. The minimum absolute atomic E-state index is 0.208. The van der Waals surface area contributed by atoms with Crippen LogP contribution in [0.5, 0.6) is 0 Å². The highest BCUT2D eigenvalue weighted by Crippen LogP contribution is 2.21. The number of aryl methyl sites for hydroxylation is 1. The fraction of sp³-hybridized carbons (Fsp3) is 0.400. The van der Waals surface area contributed by atoms with Gasteiger partial charge in [0.05, 0.1) is 12.7 Å². The van der Waals surface area contributed by atoms with Gasteiger partial charge >= 0.3 is 5.97 Å². The van der Waals surface area contributed by atoms with Gasteiger partial charge in [0.2, 0.25) is 0 Å². The number of carbonyl (C=O) groups excluding carboxylic acids is 1. The molecule has 1 heterocycles. The fourth-order valence-electron chi connectivity index (χ4n) is 2.35. The maximum Gasteiger partial charge on any atom is 0.338 e. The third-order valence-corrected chi connectivity index (χ3v) is 4.41. The SMILES string of the molecule is COC(=O)c1cccc2c1ccn2CCCCS(C)(=O)=O. The van der Waals surface area contributed by atoms with Crippen molar-refractivity contribution in [2.45, 2.75) is 19.4 Å². The van der Waals surface area contributed by atoms with E-state index in [4.69, 9.17) is 4.74 Å². The van der Waals surface area contributed by atoms with Gasteiger partial charge in [-0.05, 0) is 31.0 Å². The van der Waals surface area contributed by atoms with Crippen LogP contribution in [0.4, 0.5) is 0 Å². The van der Waals surface area contributed by atoms with Crippen LogP contribution in [0, 0.1) is 0 Å². The van der Waals surface area contributed by atoms with E-state index < -0.39 is 9.84 Å². The van der Waals surface area contributed by atoms with Crippen LogP contribution in [0.2, 0.25) is 0 Å². The van der Waals surface area contributed by atoms with Crippen molar-refractivity contribution >= 4 is 26.7 Å². The van der Waals surface area contributed by atoms with Gasteiger partial charge in [0, 0.05) is 35.7 Å². The van der Waals surface area contributed by atoms with Crippen LogP contribution in [0.15, 0.2) is 30.5 Å². The molecule has 0 radical (unpaired) electrons. The largest absolute Gasteiger partial charge is 0.465 e. The summed E-state index contributed by atoms with van der Waals surface area (Å²) in [6, 6.07) is 7.39. The monoisotopic (exact) mass is 309 g/mol. The van der Waals surface area contributed by atoms with Gasteiger partial charge in [-0.2, -0.15) is 0 Å². The van der Waals surface area contributed by atoms with Crippen LogP contribution in [-0.2, 0) is 21.1 Å². The van der Waals surface area contributed by atoms with Gasteiger partial charge in [-0.1, -0.05) is 6.07 Å². The molecule has 0 spiro atoms. The Hall–Kier alpha value is -1.82. The maximum absolute atomic E-state index is 11.7. The Balaban J connectivity index is 2.14. The lowest BCUT2D eigenvalue weighted by Gasteiger charge is -2.06. The number of methoxy groups -OCH3 is 1. The van der Waals surface area contributed by atoms with Gasteiger partial charge in [0.15, 0.2) is 0 Å². The molecule has 0 saturated heterocycles. The van der Waals surface area contributed by atoms with Crippen LogP contribution in [0.25, 0.3) is 10.9 Å². The minimum Gasteiger partial charge on any atom is -0.465 e. The van der Waals surface area contributed by atoms with E-state index in [2.05, 4.69) is 0 Å². The average molecular weight is 309 g/mol. The number of rotatable bonds is 6. The summed E-state index contributed by atoms with van der Waals surface area (Å²) < 4.78 is 29.0. The average Bonchev–Trinajstić information content (AvgIpc) is 2.85. The van der Waals surface area contributed by atoms with E-state index in [1.807, 2.05) is 29.0 Å². The number of hydrogen-bond acceptors (Lipinski definition) is 4. The van der Waals surface area contributed by atoms with Crippen molar-refractivity contribution in [2.75, 3.05) is 19.1 Å². The second kappa shape index (κ2) is 6.30. The topological polar surface area (TPSA) is 65.4 Å². The Morgan fingerprint density at radius 1 is 1.24 bits per heavy atom. The number of hydrogen-bond donors (Lipinski definition) is 0. The zero-order chi connectivity index (χ0) is 15.5. The number of carbonyl (C=O) groups is 1. The molecule has 114 valence electrons. The van der Waals surface area contributed by atoms with Gasteiger partial charge < -0.3 is 9.30 Å². The number of nitrogens with zero attached hydrogens (tertiary/aromatic N) is 1. The second-order valence-electron chi connectivity index (χ2n) is 5.08. The molecule has 5 nitrogen and oxygen atoms in total. The van der Waals surface area contributed by atoms with E-state index >= 15 is 0 Å². The molecule has 0 aliphatic heterocycles. The lowest BCUT2D eigenvalue weighted by atomic mass is 10.1. The van der Waals surface area contributed by atoms with Gasteiger partial charge in [0.25, 0.3) is 0 Å². The van der Waals surface area contributed by atoms with E-state index in [9.17, 15) is 13.2 Å². The molecular formula is C15H19NO4S. The van der Waals surface area contributed by atoms with E-state index in [1.54, 1.807) is 6.07 Å². The highest BCUT2D eigenvalue weighted by atomic mass is 32.2. The van der Waals surface area contributed by atoms with Crippen molar-refractivity contribution < 1.29 is 17.9 Å². The first-order valence-electron chi connectivity index (χ1n) is 6.76. The summed E-state index contributed by atoms with van der Waals surface area (Å²) >= 11 is 0. The summed E-state index contributed by atoms with van der Waals surface area (Å²) in [7, 11) is -1.54. The molecule has 0 amide bonds. The van der Waals surface area contributed by atoms with Crippen molar-refractivity contribution in [1.82, 2.24) is 4.57 Å². The van der Waals surface area contributed by atoms with E-state index in [0.717, 1.165) is 23.9 Å². The third-order valence-electron chi connectivity index (χ3n) is 3.38. The Kier molecular flexibility index (Phi) is 4.67. The fourth-order valence-corrected chi connectivity index (χ4v) is 3.08. The number of unbranched alkanes of at least 4 members (excludes halogenated alkanes) is 1. The summed E-state index contributed by atoms with van der Waals surface area (Å²) in [5, 5.41) is 0.854. The molecule has 0 N–H and O–H groups in total. The molecular weight excluding hydrogens is 290 g/mol. The van der Waals surface area contributed by atoms with E-state index in [0.29, 0.717) is 12.0 Å². The molecule has 0 saturated carbocycles. The zero-order valence-electron chi connectivity index (χ0n) is 12.2. The van der Waals surface area contributed by atoms with Crippen LogP contribution in [0.3, 0.4) is 0 Å². The summed E-state index contributed by atoms with van der Waals surface area (Å²) in [6.07, 6.45) is 4.58. The number of fused-ring (bicyclic) bond motifs is 1. The molecule has 1 aromatic heterocycles. The van der Waals surface area contributed by atoms with Crippen LogP contribution >= 0.6 is 0 Å². The van der Waals surface area contributed by atoms with Gasteiger partial charge in [-0.25, -0.2) is 13.2 Å². The first-order chi connectivity index (χ1) is 9.92. The molecule has 0 fully saturated rings. The van der Waals surface area contributed by atoms with Crippen molar-refractivity contribution in [3.05, 3.63) is 36.0 Å². The van der Waals surface area contributed by atoms with E-state index in [-0.39, 0.29) is 11.7 Å². The lowest BCUT2D eigenvalue weighted by molar-refractivity contribution is 0.0603. The molecule has 0 unspecified atom stereocenters. The predicted molar refractivity (Wildman–Crippen MR) is 82.2 cm³/mol.